The standard InChI is InChI=1S/C12H15N3O2/c16-11-2-1-8-6-15(7-9(8)11)12(17)10-5-13-3-4-14-10/h3-5,8-9,11,16H,1-2,6-7H2. The van der Waals surface area contributed by atoms with Crippen molar-refractivity contribution in [2.45, 2.75) is 18.9 Å². The first-order valence-electron chi connectivity index (χ1n) is 5.99. The summed E-state index contributed by atoms with van der Waals surface area (Å²) in [7, 11) is 0. The summed E-state index contributed by atoms with van der Waals surface area (Å²) in [6.45, 7) is 1.40. The molecule has 2 fully saturated rings. The number of carbonyl (C=O) groups is 1. The van der Waals surface area contributed by atoms with Crippen LogP contribution in [0, 0.1) is 11.8 Å². The van der Waals surface area contributed by atoms with Crippen molar-refractivity contribution in [2.75, 3.05) is 13.1 Å². The van der Waals surface area contributed by atoms with Crippen molar-refractivity contribution in [3.8, 4) is 0 Å². The van der Waals surface area contributed by atoms with Crippen LogP contribution in [0.1, 0.15) is 23.3 Å². The van der Waals surface area contributed by atoms with E-state index in [2.05, 4.69) is 9.97 Å². The maximum atomic E-state index is 12.1. The van der Waals surface area contributed by atoms with E-state index in [9.17, 15) is 9.90 Å². The zero-order valence-corrected chi connectivity index (χ0v) is 9.49. The van der Waals surface area contributed by atoms with Gasteiger partial charge >= 0.3 is 0 Å². The average Bonchev–Trinajstić information content (AvgIpc) is 2.92. The third-order valence-corrected chi connectivity index (χ3v) is 3.89. The van der Waals surface area contributed by atoms with Crippen LogP contribution >= 0.6 is 0 Å². The Morgan fingerprint density at radius 2 is 2.24 bits per heavy atom. The molecule has 1 saturated heterocycles. The highest BCUT2D eigenvalue weighted by Crippen LogP contribution is 2.38. The summed E-state index contributed by atoms with van der Waals surface area (Å²) in [4.78, 5) is 21.8. The van der Waals surface area contributed by atoms with Crippen LogP contribution in [-0.2, 0) is 0 Å². The summed E-state index contributed by atoms with van der Waals surface area (Å²) in [5.74, 6) is 0.654. The Bertz CT molecular complexity index is 423. The summed E-state index contributed by atoms with van der Waals surface area (Å²) in [6, 6.07) is 0. The third kappa shape index (κ3) is 1.80. The van der Waals surface area contributed by atoms with E-state index in [0.717, 1.165) is 19.4 Å². The van der Waals surface area contributed by atoms with Crippen molar-refractivity contribution in [1.29, 1.82) is 0 Å². The number of carbonyl (C=O) groups excluding carboxylic acids is 1. The van der Waals surface area contributed by atoms with Gasteiger partial charge in [0.2, 0.25) is 0 Å². The molecule has 2 aliphatic rings. The molecular weight excluding hydrogens is 218 g/mol. The van der Waals surface area contributed by atoms with Crippen LogP contribution < -0.4 is 0 Å². The zero-order valence-electron chi connectivity index (χ0n) is 9.49. The summed E-state index contributed by atoms with van der Waals surface area (Å²) < 4.78 is 0. The number of amides is 1. The molecular formula is C12H15N3O2. The van der Waals surface area contributed by atoms with Gasteiger partial charge in [-0.15, -0.1) is 0 Å². The maximum absolute atomic E-state index is 12.1. The molecule has 1 N–H and O–H groups in total. The molecule has 17 heavy (non-hydrogen) atoms. The van der Waals surface area contributed by atoms with Crippen molar-refractivity contribution < 1.29 is 9.90 Å². The number of fused-ring (bicyclic) bond motifs is 1. The maximum Gasteiger partial charge on any atom is 0.274 e. The van der Waals surface area contributed by atoms with Gasteiger partial charge in [-0.3, -0.25) is 9.78 Å². The van der Waals surface area contributed by atoms with Crippen LogP contribution in [-0.4, -0.2) is 45.1 Å². The highest BCUT2D eigenvalue weighted by Gasteiger charge is 2.43. The molecule has 5 heteroatoms. The van der Waals surface area contributed by atoms with Gasteiger partial charge in [0.1, 0.15) is 5.69 Å². The van der Waals surface area contributed by atoms with E-state index in [-0.39, 0.29) is 17.9 Å². The smallest absolute Gasteiger partial charge is 0.274 e. The Labute approximate surface area is 99.5 Å². The Hall–Kier alpha value is -1.49. The molecule has 0 bridgehead atoms. The van der Waals surface area contributed by atoms with Crippen LogP contribution in [0.15, 0.2) is 18.6 Å². The molecule has 1 saturated carbocycles. The quantitative estimate of drug-likeness (QED) is 0.758. The lowest BCUT2D eigenvalue weighted by atomic mass is 10.00. The summed E-state index contributed by atoms with van der Waals surface area (Å²) in [5, 5.41) is 9.80. The lowest BCUT2D eigenvalue weighted by Crippen LogP contribution is -2.31. The van der Waals surface area contributed by atoms with Gasteiger partial charge in [0, 0.05) is 31.4 Å². The predicted molar refractivity (Wildman–Crippen MR) is 60.2 cm³/mol. The Morgan fingerprint density at radius 3 is 2.94 bits per heavy atom. The minimum atomic E-state index is -0.236. The molecule has 1 amide bonds. The number of aliphatic hydroxyl groups excluding tert-OH is 1. The molecule has 1 aromatic heterocycles. The second-order valence-electron chi connectivity index (χ2n) is 4.87. The predicted octanol–water partition coefficient (Wildman–Crippen LogP) is 0.319. The first-order chi connectivity index (χ1) is 8.25. The summed E-state index contributed by atoms with van der Waals surface area (Å²) in [5.41, 5.74) is 0.391. The van der Waals surface area contributed by atoms with E-state index in [4.69, 9.17) is 0 Å². The number of aromatic nitrogens is 2. The van der Waals surface area contributed by atoms with Gasteiger partial charge in [-0.05, 0) is 18.8 Å². The lowest BCUT2D eigenvalue weighted by molar-refractivity contribution is 0.0746. The number of aliphatic hydroxyl groups is 1. The van der Waals surface area contributed by atoms with E-state index in [1.54, 1.807) is 11.1 Å². The fourth-order valence-corrected chi connectivity index (χ4v) is 2.97. The van der Waals surface area contributed by atoms with Crippen molar-refractivity contribution in [2.24, 2.45) is 11.8 Å². The van der Waals surface area contributed by atoms with Crippen LogP contribution in [0.5, 0.6) is 0 Å². The number of hydrogen-bond acceptors (Lipinski definition) is 4. The molecule has 3 rings (SSSR count). The van der Waals surface area contributed by atoms with E-state index in [1.807, 2.05) is 0 Å². The first-order valence-corrected chi connectivity index (χ1v) is 5.99. The van der Waals surface area contributed by atoms with E-state index < -0.39 is 0 Å². The van der Waals surface area contributed by atoms with Gasteiger partial charge in [-0.2, -0.15) is 0 Å². The fourth-order valence-electron chi connectivity index (χ4n) is 2.97. The molecule has 2 heterocycles. The van der Waals surface area contributed by atoms with Crippen molar-refractivity contribution in [1.82, 2.24) is 14.9 Å². The van der Waals surface area contributed by atoms with Gasteiger partial charge in [-0.1, -0.05) is 0 Å². The number of rotatable bonds is 1. The van der Waals surface area contributed by atoms with Gasteiger partial charge < -0.3 is 10.0 Å². The van der Waals surface area contributed by atoms with E-state index in [0.29, 0.717) is 18.2 Å². The molecule has 1 aliphatic heterocycles. The van der Waals surface area contributed by atoms with Crippen LogP contribution in [0.2, 0.25) is 0 Å². The van der Waals surface area contributed by atoms with Gasteiger partial charge in [0.25, 0.3) is 5.91 Å². The van der Waals surface area contributed by atoms with Crippen molar-refractivity contribution in [3.05, 3.63) is 24.3 Å². The molecule has 0 spiro atoms. The monoisotopic (exact) mass is 233 g/mol. The lowest BCUT2D eigenvalue weighted by Gasteiger charge is -2.17. The summed E-state index contributed by atoms with van der Waals surface area (Å²) >= 11 is 0. The molecule has 1 aliphatic carbocycles. The molecule has 5 nitrogen and oxygen atoms in total. The molecule has 0 aromatic carbocycles. The second kappa shape index (κ2) is 4.07. The largest absolute Gasteiger partial charge is 0.393 e. The SMILES string of the molecule is O=C(c1cnccn1)N1CC2CCC(O)C2C1. The Morgan fingerprint density at radius 1 is 1.35 bits per heavy atom. The Balaban J connectivity index is 1.73. The molecule has 3 atom stereocenters. The highest BCUT2D eigenvalue weighted by atomic mass is 16.3. The topological polar surface area (TPSA) is 66.3 Å². The number of nitrogens with zero attached hydrogens (tertiary/aromatic N) is 3. The fraction of sp³-hybridized carbons (Fsp3) is 0.583. The first kappa shape index (κ1) is 10.7. The van der Waals surface area contributed by atoms with Crippen LogP contribution in [0.3, 0.4) is 0 Å². The van der Waals surface area contributed by atoms with Gasteiger partial charge in [0.05, 0.1) is 12.3 Å². The number of hydrogen-bond donors (Lipinski definition) is 1. The van der Waals surface area contributed by atoms with Crippen molar-refractivity contribution in [3.63, 3.8) is 0 Å². The zero-order chi connectivity index (χ0) is 11.8. The molecule has 3 unspecified atom stereocenters. The van der Waals surface area contributed by atoms with Gasteiger partial charge in [0.15, 0.2) is 0 Å². The third-order valence-electron chi connectivity index (χ3n) is 3.89. The second-order valence-corrected chi connectivity index (χ2v) is 4.87. The highest BCUT2D eigenvalue weighted by molar-refractivity contribution is 5.92. The van der Waals surface area contributed by atoms with Crippen LogP contribution in [0.4, 0.5) is 0 Å². The minimum absolute atomic E-state index is 0.0697. The normalized spacial score (nSPS) is 31.6. The van der Waals surface area contributed by atoms with Gasteiger partial charge in [-0.25, -0.2) is 4.98 Å². The van der Waals surface area contributed by atoms with E-state index >= 15 is 0 Å². The number of likely N-dealkylation sites (tertiary alicyclic amines) is 1. The minimum Gasteiger partial charge on any atom is -0.393 e. The molecule has 1 aromatic rings. The van der Waals surface area contributed by atoms with Crippen molar-refractivity contribution >= 4 is 5.91 Å². The summed E-state index contributed by atoms with van der Waals surface area (Å²) in [6.07, 6.45) is 6.24. The van der Waals surface area contributed by atoms with E-state index in [1.165, 1.54) is 12.4 Å². The Kier molecular flexibility index (Phi) is 2.55. The average molecular weight is 233 g/mol. The molecule has 0 radical (unpaired) electrons. The van der Waals surface area contributed by atoms with Crippen LogP contribution in [0.25, 0.3) is 0 Å². The molecule has 90 valence electrons.